The third kappa shape index (κ3) is 2.80. The number of carbonyl (C=O) groups is 1. The van der Waals surface area contributed by atoms with Crippen molar-refractivity contribution in [2.45, 2.75) is 26.2 Å². The van der Waals surface area contributed by atoms with Crippen LogP contribution in [0.15, 0.2) is 18.2 Å². The minimum Gasteiger partial charge on any atom is -0.481 e. The lowest BCUT2D eigenvalue weighted by atomic mass is 9.91. The zero-order valence-corrected chi connectivity index (χ0v) is 9.03. The number of carboxylic acid groups (broad SMARTS) is 1. The van der Waals surface area contributed by atoms with Crippen molar-refractivity contribution >= 4 is 5.97 Å². The lowest BCUT2D eigenvalue weighted by molar-refractivity contribution is -0.139. The van der Waals surface area contributed by atoms with E-state index in [1.165, 1.54) is 0 Å². The van der Waals surface area contributed by atoms with Gasteiger partial charge >= 0.3 is 5.97 Å². The lowest BCUT2D eigenvalue weighted by Gasteiger charge is -2.14. The highest BCUT2D eigenvalue weighted by molar-refractivity contribution is 5.76. The van der Waals surface area contributed by atoms with E-state index in [0.717, 1.165) is 16.7 Å². The number of aliphatic hydroxyl groups excluding tert-OH is 1. The summed E-state index contributed by atoms with van der Waals surface area (Å²) in [6.45, 7) is 3.72. The number of aliphatic carboxylic acids is 1. The molecule has 0 saturated heterocycles. The van der Waals surface area contributed by atoms with Gasteiger partial charge in [0.15, 0.2) is 0 Å². The molecule has 0 aliphatic rings. The summed E-state index contributed by atoms with van der Waals surface area (Å²) < 4.78 is 0. The molecule has 1 rings (SSSR count). The molecule has 1 aromatic carbocycles. The van der Waals surface area contributed by atoms with Gasteiger partial charge in [0.25, 0.3) is 0 Å². The summed E-state index contributed by atoms with van der Waals surface area (Å²) in [4.78, 5) is 11.0. The molecule has 0 aromatic heterocycles. The van der Waals surface area contributed by atoms with Gasteiger partial charge in [-0.1, -0.05) is 23.8 Å². The first-order valence-electron chi connectivity index (χ1n) is 4.97. The van der Waals surface area contributed by atoms with E-state index in [9.17, 15) is 4.79 Å². The van der Waals surface area contributed by atoms with Crippen LogP contribution in [-0.2, 0) is 4.79 Å². The highest BCUT2D eigenvalue weighted by atomic mass is 16.4. The number of hydrogen-bond acceptors (Lipinski definition) is 2. The van der Waals surface area contributed by atoms with Gasteiger partial charge in [-0.15, -0.1) is 0 Å². The highest BCUT2D eigenvalue weighted by Gasteiger charge is 2.20. The van der Waals surface area contributed by atoms with Gasteiger partial charge in [-0.25, -0.2) is 0 Å². The molecule has 1 unspecified atom stereocenters. The fourth-order valence-corrected chi connectivity index (χ4v) is 1.68. The Morgan fingerprint density at radius 1 is 1.40 bits per heavy atom. The Labute approximate surface area is 89.4 Å². The molecular formula is C12H16O3. The van der Waals surface area contributed by atoms with Gasteiger partial charge in [0.05, 0.1) is 5.92 Å². The second-order valence-electron chi connectivity index (χ2n) is 3.76. The molecule has 0 radical (unpaired) electrons. The maximum atomic E-state index is 11.0. The molecule has 0 aliphatic heterocycles. The molecule has 0 saturated carbocycles. The van der Waals surface area contributed by atoms with Gasteiger partial charge in [0, 0.05) is 6.61 Å². The van der Waals surface area contributed by atoms with Crippen molar-refractivity contribution in [3.8, 4) is 0 Å². The largest absolute Gasteiger partial charge is 0.481 e. The monoisotopic (exact) mass is 208 g/mol. The predicted molar refractivity (Wildman–Crippen MR) is 58.0 cm³/mol. The standard InChI is InChI=1S/C12H16O3/c1-8-3-4-9(2)11(7-8)10(5-6-13)12(14)15/h3-4,7,10,13H,5-6H2,1-2H3,(H,14,15). The van der Waals surface area contributed by atoms with Crippen molar-refractivity contribution in [3.63, 3.8) is 0 Å². The molecule has 2 N–H and O–H groups in total. The zero-order valence-electron chi connectivity index (χ0n) is 9.03. The van der Waals surface area contributed by atoms with E-state index in [4.69, 9.17) is 10.2 Å². The van der Waals surface area contributed by atoms with Crippen molar-refractivity contribution in [2.24, 2.45) is 0 Å². The van der Waals surface area contributed by atoms with Crippen LogP contribution in [0.2, 0.25) is 0 Å². The van der Waals surface area contributed by atoms with Crippen LogP contribution >= 0.6 is 0 Å². The molecule has 0 fully saturated rings. The number of aryl methyl sites for hydroxylation is 2. The van der Waals surface area contributed by atoms with Gasteiger partial charge in [-0.3, -0.25) is 4.79 Å². The normalized spacial score (nSPS) is 12.5. The predicted octanol–water partition coefficient (Wildman–Crippen LogP) is 1.85. The van der Waals surface area contributed by atoms with Crippen LogP contribution in [-0.4, -0.2) is 22.8 Å². The SMILES string of the molecule is Cc1ccc(C)c(C(CCO)C(=O)O)c1. The van der Waals surface area contributed by atoms with Crippen molar-refractivity contribution in [2.75, 3.05) is 6.61 Å². The maximum Gasteiger partial charge on any atom is 0.311 e. The minimum absolute atomic E-state index is 0.107. The van der Waals surface area contributed by atoms with Crippen LogP contribution < -0.4 is 0 Å². The second-order valence-corrected chi connectivity index (χ2v) is 3.76. The van der Waals surface area contributed by atoms with Crippen LogP contribution in [0.4, 0.5) is 0 Å². The molecule has 0 bridgehead atoms. The van der Waals surface area contributed by atoms with Crippen LogP contribution in [0.3, 0.4) is 0 Å². The Kier molecular flexibility index (Phi) is 3.86. The van der Waals surface area contributed by atoms with E-state index < -0.39 is 11.9 Å². The fraction of sp³-hybridized carbons (Fsp3) is 0.417. The van der Waals surface area contributed by atoms with E-state index >= 15 is 0 Å². The molecule has 0 heterocycles. The van der Waals surface area contributed by atoms with Gasteiger partial charge in [0.2, 0.25) is 0 Å². The summed E-state index contributed by atoms with van der Waals surface area (Å²) in [6, 6.07) is 5.75. The van der Waals surface area contributed by atoms with Crippen LogP contribution in [0.1, 0.15) is 29.0 Å². The maximum absolute atomic E-state index is 11.0. The Hall–Kier alpha value is -1.35. The third-order valence-electron chi connectivity index (χ3n) is 2.53. The molecule has 82 valence electrons. The van der Waals surface area contributed by atoms with Gasteiger partial charge in [0.1, 0.15) is 0 Å². The Balaban J connectivity index is 3.09. The highest BCUT2D eigenvalue weighted by Crippen LogP contribution is 2.24. The number of carboxylic acids is 1. The molecule has 15 heavy (non-hydrogen) atoms. The van der Waals surface area contributed by atoms with E-state index in [1.54, 1.807) is 0 Å². The van der Waals surface area contributed by atoms with E-state index in [1.807, 2.05) is 32.0 Å². The van der Waals surface area contributed by atoms with Gasteiger partial charge < -0.3 is 10.2 Å². The van der Waals surface area contributed by atoms with E-state index in [2.05, 4.69) is 0 Å². The first-order chi connectivity index (χ1) is 7.06. The average Bonchev–Trinajstić information content (AvgIpc) is 2.18. The molecule has 0 aliphatic carbocycles. The quantitative estimate of drug-likeness (QED) is 0.794. The minimum atomic E-state index is -0.877. The van der Waals surface area contributed by atoms with Crippen molar-refractivity contribution in [1.82, 2.24) is 0 Å². The number of benzene rings is 1. The van der Waals surface area contributed by atoms with Crippen LogP contribution in [0, 0.1) is 13.8 Å². The van der Waals surface area contributed by atoms with Crippen LogP contribution in [0.5, 0.6) is 0 Å². The summed E-state index contributed by atoms with van der Waals surface area (Å²) in [5.74, 6) is -1.48. The Morgan fingerprint density at radius 3 is 2.60 bits per heavy atom. The smallest absolute Gasteiger partial charge is 0.311 e. The molecular weight excluding hydrogens is 192 g/mol. The first-order valence-corrected chi connectivity index (χ1v) is 4.97. The summed E-state index contributed by atoms with van der Waals surface area (Å²) in [5.41, 5.74) is 2.80. The Bertz CT molecular complexity index is 358. The summed E-state index contributed by atoms with van der Waals surface area (Å²) in [5, 5.41) is 17.9. The topological polar surface area (TPSA) is 57.5 Å². The summed E-state index contributed by atoms with van der Waals surface area (Å²) in [7, 11) is 0. The summed E-state index contributed by atoms with van der Waals surface area (Å²) >= 11 is 0. The molecule has 1 atom stereocenters. The average molecular weight is 208 g/mol. The number of hydrogen-bond donors (Lipinski definition) is 2. The zero-order chi connectivity index (χ0) is 11.4. The lowest BCUT2D eigenvalue weighted by Crippen LogP contribution is -2.14. The number of aliphatic hydroxyl groups is 1. The first kappa shape index (κ1) is 11.7. The van der Waals surface area contributed by atoms with Crippen molar-refractivity contribution in [1.29, 1.82) is 0 Å². The van der Waals surface area contributed by atoms with Gasteiger partial charge in [-0.2, -0.15) is 0 Å². The molecule has 0 amide bonds. The third-order valence-corrected chi connectivity index (χ3v) is 2.53. The fourth-order valence-electron chi connectivity index (χ4n) is 1.68. The molecule has 3 nitrogen and oxygen atoms in total. The van der Waals surface area contributed by atoms with Crippen molar-refractivity contribution < 1.29 is 15.0 Å². The van der Waals surface area contributed by atoms with Gasteiger partial charge in [-0.05, 0) is 31.4 Å². The second kappa shape index (κ2) is 4.94. The van der Waals surface area contributed by atoms with E-state index in [0.29, 0.717) is 0 Å². The molecule has 1 aromatic rings. The van der Waals surface area contributed by atoms with E-state index in [-0.39, 0.29) is 13.0 Å². The Morgan fingerprint density at radius 2 is 2.07 bits per heavy atom. The van der Waals surface area contributed by atoms with Crippen LogP contribution in [0.25, 0.3) is 0 Å². The van der Waals surface area contributed by atoms with Crippen molar-refractivity contribution in [3.05, 3.63) is 34.9 Å². The molecule has 0 spiro atoms. The number of rotatable bonds is 4. The molecule has 3 heteroatoms. The summed E-state index contributed by atoms with van der Waals surface area (Å²) in [6.07, 6.45) is 0.264.